The van der Waals surface area contributed by atoms with Gasteiger partial charge in [0.15, 0.2) is 0 Å². The van der Waals surface area contributed by atoms with Gasteiger partial charge in [-0.2, -0.15) is 0 Å². The van der Waals surface area contributed by atoms with E-state index in [2.05, 4.69) is 5.32 Å². The summed E-state index contributed by atoms with van der Waals surface area (Å²) in [6.45, 7) is 10.3. The lowest BCUT2D eigenvalue weighted by molar-refractivity contribution is -0.141. The van der Waals surface area contributed by atoms with Gasteiger partial charge in [-0.05, 0) is 69.7 Å². The number of hydrogen-bond donors (Lipinski definition) is 1. The second kappa shape index (κ2) is 13.6. The minimum absolute atomic E-state index is 0.146. The van der Waals surface area contributed by atoms with Gasteiger partial charge in [-0.3, -0.25) is 13.9 Å². The molecule has 2 amide bonds. The SMILES string of the molecule is CCc1ccc(N(CCCC(=O)N(CCc2ccccc2)[C@H](CC)C(=O)NC(C)(C)C)S(C)(=O)=O)cc1. The van der Waals surface area contributed by atoms with Gasteiger partial charge in [0.25, 0.3) is 0 Å². The number of carbonyl (C=O) groups is 2. The van der Waals surface area contributed by atoms with Crippen LogP contribution in [0.25, 0.3) is 0 Å². The predicted octanol–water partition coefficient (Wildman–Crippen LogP) is 4.56. The van der Waals surface area contributed by atoms with Crippen molar-refractivity contribution in [1.82, 2.24) is 10.2 Å². The summed E-state index contributed by atoms with van der Waals surface area (Å²) in [6, 6.07) is 16.7. The van der Waals surface area contributed by atoms with Gasteiger partial charge in [-0.15, -0.1) is 0 Å². The number of hydrogen-bond acceptors (Lipinski definition) is 4. The summed E-state index contributed by atoms with van der Waals surface area (Å²) in [4.78, 5) is 28.2. The van der Waals surface area contributed by atoms with Crippen LogP contribution in [0.3, 0.4) is 0 Å². The highest BCUT2D eigenvalue weighted by molar-refractivity contribution is 7.92. The maximum Gasteiger partial charge on any atom is 0.243 e. The molecule has 0 radical (unpaired) electrons. The minimum Gasteiger partial charge on any atom is -0.350 e. The Labute approximate surface area is 223 Å². The Bertz CT molecular complexity index is 1110. The van der Waals surface area contributed by atoms with Gasteiger partial charge in [0.2, 0.25) is 21.8 Å². The third kappa shape index (κ3) is 9.84. The normalized spacial score (nSPS) is 12.6. The quantitative estimate of drug-likeness (QED) is 0.412. The smallest absolute Gasteiger partial charge is 0.243 e. The molecule has 0 heterocycles. The van der Waals surface area contributed by atoms with Crippen LogP contribution in [0, 0.1) is 0 Å². The van der Waals surface area contributed by atoms with Crippen molar-refractivity contribution >= 4 is 27.5 Å². The lowest BCUT2D eigenvalue weighted by Gasteiger charge is -2.33. The summed E-state index contributed by atoms with van der Waals surface area (Å²) < 4.78 is 26.4. The largest absolute Gasteiger partial charge is 0.350 e. The zero-order valence-electron chi connectivity index (χ0n) is 23.2. The van der Waals surface area contributed by atoms with Crippen molar-refractivity contribution in [2.75, 3.05) is 23.7 Å². The van der Waals surface area contributed by atoms with Crippen LogP contribution in [0.5, 0.6) is 0 Å². The molecule has 0 aliphatic carbocycles. The van der Waals surface area contributed by atoms with E-state index in [1.54, 1.807) is 17.0 Å². The van der Waals surface area contributed by atoms with Gasteiger partial charge in [0.1, 0.15) is 6.04 Å². The molecule has 1 N–H and O–H groups in total. The predicted molar refractivity (Wildman–Crippen MR) is 151 cm³/mol. The number of rotatable bonds is 13. The number of benzene rings is 2. The summed E-state index contributed by atoms with van der Waals surface area (Å²) in [5.74, 6) is -0.327. The third-order valence-electron chi connectivity index (χ3n) is 6.15. The van der Waals surface area contributed by atoms with Crippen LogP contribution in [-0.4, -0.2) is 56.1 Å². The highest BCUT2D eigenvalue weighted by Crippen LogP contribution is 2.20. The molecule has 0 aromatic heterocycles. The van der Waals surface area contributed by atoms with Gasteiger partial charge >= 0.3 is 0 Å². The molecule has 37 heavy (non-hydrogen) atoms. The first kappa shape index (κ1) is 30.4. The summed E-state index contributed by atoms with van der Waals surface area (Å²) in [7, 11) is -3.51. The molecule has 0 aliphatic heterocycles. The lowest BCUT2D eigenvalue weighted by atomic mass is 10.0. The topological polar surface area (TPSA) is 86.8 Å². The average molecular weight is 530 g/mol. The van der Waals surface area contributed by atoms with Crippen LogP contribution in [-0.2, 0) is 32.5 Å². The van der Waals surface area contributed by atoms with Crippen LogP contribution in [0.2, 0.25) is 0 Å². The zero-order valence-corrected chi connectivity index (χ0v) is 24.0. The van der Waals surface area contributed by atoms with E-state index in [9.17, 15) is 18.0 Å². The Morgan fingerprint density at radius 2 is 1.54 bits per heavy atom. The van der Waals surface area contributed by atoms with Crippen LogP contribution >= 0.6 is 0 Å². The van der Waals surface area contributed by atoms with E-state index in [1.807, 2.05) is 77.1 Å². The molecule has 0 saturated heterocycles. The Hall–Kier alpha value is -2.87. The molecule has 0 spiro atoms. The monoisotopic (exact) mass is 529 g/mol. The van der Waals surface area contributed by atoms with E-state index in [0.717, 1.165) is 17.5 Å². The second-order valence-corrected chi connectivity index (χ2v) is 12.4. The van der Waals surface area contributed by atoms with Crippen molar-refractivity contribution in [3.63, 3.8) is 0 Å². The molecule has 0 saturated carbocycles. The molecular formula is C29H43N3O4S. The van der Waals surface area contributed by atoms with Crippen molar-refractivity contribution in [3.8, 4) is 0 Å². The number of nitrogens with zero attached hydrogens (tertiary/aromatic N) is 2. The Morgan fingerprint density at radius 1 is 0.919 bits per heavy atom. The van der Waals surface area contributed by atoms with E-state index in [1.165, 1.54) is 10.6 Å². The van der Waals surface area contributed by atoms with E-state index in [4.69, 9.17) is 0 Å². The van der Waals surface area contributed by atoms with Crippen LogP contribution in [0.1, 0.15) is 65.0 Å². The van der Waals surface area contributed by atoms with E-state index in [0.29, 0.717) is 31.5 Å². The average Bonchev–Trinajstić information content (AvgIpc) is 2.83. The van der Waals surface area contributed by atoms with Gasteiger partial charge in [0, 0.05) is 25.0 Å². The molecule has 0 bridgehead atoms. The van der Waals surface area contributed by atoms with Crippen LogP contribution in [0.4, 0.5) is 5.69 Å². The van der Waals surface area contributed by atoms with Crippen LogP contribution in [0.15, 0.2) is 54.6 Å². The van der Waals surface area contributed by atoms with E-state index < -0.39 is 21.6 Å². The highest BCUT2D eigenvalue weighted by Gasteiger charge is 2.30. The van der Waals surface area contributed by atoms with E-state index >= 15 is 0 Å². The molecule has 2 aromatic rings. The Balaban J connectivity index is 2.17. The Kier molecular flexibility index (Phi) is 11.2. The van der Waals surface area contributed by atoms with Gasteiger partial charge in [-0.1, -0.05) is 56.3 Å². The lowest BCUT2D eigenvalue weighted by Crippen LogP contribution is -2.54. The van der Waals surface area contributed by atoms with Gasteiger partial charge in [-0.25, -0.2) is 8.42 Å². The molecule has 204 valence electrons. The summed E-state index contributed by atoms with van der Waals surface area (Å²) in [5, 5.41) is 3.01. The fourth-order valence-electron chi connectivity index (χ4n) is 4.25. The van der Waals surface area contributed by atoms with Crippen molar-refractivity contribution < 1.29 is 18.0 Å². The summed E-state index contributed by atoms with van der Waals surface area (Å²) >= 11 is 0. The molecule has 2 aromatic carbocycles. The van der Waals surface area contributed by atoms with Crippen molar-refractivity contribution in [2.24, 2.45) is 0 Å². The number of sulfonamides is 1. The molecular weight excluding hydrogens is 486 g/mol. The van der Waals surface area contributed by atoms with Crippen molar-refractivity contribution in [1.29, 1.82) is 0 Å². The van der Waals surface area contributed by atoms with Gasteiger partial charge in [0.05, 0.1) is 11.9 Å². The number of nitrogens with one attached hydrogen (secondary N) is 1. The first-order chi connectivity index (χ1) is 17.4. The molecule has 2 rings (SSSR count). The number of carbonyl (C=O) groups excluding carboxylic acids is 2. The molecule has 0 fully saturated rings. The number of aryl methyl sites for hydroxylation is 1. The maximum absolute atomic E-state index is 13.5. The number of anilines is 1. The molecule has 0 aliphatic rings. The van der Waals surface area contributed by atoms with E-state index in [-0.39, 0.29) is 24.8 Å². The number of amides is 2. The first-order valence-electron chi connectivity index (χ1n) is 13.1. The zero-order chi connectivity index (χ0) is 27.6. The van der Waals surface area contributed by atoms with Gasteiger partial charge < -0.3 is 10.2 Å². The standard InChI is InChI=1S/C29H43N3O4S/c1-7-23-16-18-25(19-17-23)32(37(6,35)36)21-12-15-27(33)31(22-20-24-13-10-9-11-14-24)26(8-2)28(34)30-29(3,4)5/h9-11,13-14,16-19,26H,7-8,12,15,20-22H2,1-6H3,(H,30,34)/t26-/m1/s1. The van der Waals surface area contributed by atoms with Crippen LogP contribution < -0.4 is 9.62 Å². The molecule has 0 unspecified atom stereocenters. The molecule has 1 atom stereocenters. The third-order valence-corrected chi connectivity index (χ3v) is 7.35. The van der Waals surface area contributed by atoms with Crippen molar-refractivity contribution in [3.05, 3.63) is 65.7 Å². The second-order valence-electron chi connectivity index (χ2n) is 10.4. The molecule has 8 heteroatoms. The fourth-order valence-corrected chi connectivity index (χ4v) is 5.22. The van der Waals surface area contributed by atoms with Crippen molar-refractivity contribution in [2.45, 2.75) is 78.3 Å². The summed E-state index contributed by atoms with van der Waals surface area (Å²) in [6.07, 6.45) is 3.66. The molecule has 7 nitrogen and oxygen atoms in total. The highest BCUT2D eigenvalue weighted by atomic mass is 32.2. The maximum atomic E-state index is 13.5. The Morgan fingerprint density at radius 3 is 2.05 bits per heavy atom. The fraction of sp³-hybridized carbons (Fsp3) is 0.517. The summed E-state index contributed by atoms with van der Waals surface area (Å²) in [5.41, 5.74) is 2.39. The minimum atomic E-state index is -3.51. The first-order valence-corrected chi connectivity index (χ1v) is 14.9.